The fourth-order valence-electron chi connectivity index (χ4n) is 3.74. The molecule has 1 heterocycles. The predicted octanol–water partition coefficient (Wildman–Crippen LogP) is 6.44. The third-order valence-corrected chi connectivity index (χ3v) is 5.49. The van der Waals surface area contributed by atoms with Gasteiger partial charge in [-0.3, -0.25) is 4.79 Å². The number of carbonyl (C=O) groups is 1. The molecule has 1 N–H and O–H groups in total. The molecule has 0 saturated carbocycles. The van der Waals surface area contributed by atoms with Crippen LogP contribution in [0.4, 0.5) is 22.0 Å². The molecule has 0 bridgehead atoms. The van der Waals surface area contributed by atoms with Crippen molar-refractivity contribution < 1.29 is 31.5 Å². The van der Waals surface area contributed by atoms with Crippen LogP contribution in [0.1, 0.15) is 31.6 Å². The Morgan fingerprint density at radius 2 is 1.67 bits per heavy atom. The van der Waals surface area contributed by atoms with E-state index in [1.807, 2.05) is 5.32 Å². The number of alkyl halides is 3. The number of carbonyl (C=O) groups excluding carboxylic acids is 1. The van der Waals surface area contributed by atoms with Crippen LogP contribution in [0.25, 0.3) is 16.6 Å². The first kappa shape index (κ1) is 26.7. The average Bonchev–Trinajstić information content (AvgIpc) is 3.22. The average molecular weight is 505 g/mol. The highest BCUT2D eigenvalue weighted by Gasteiger charge is 2.40. The first-order chi connectivity index (χ1) is 16.5. The monoisotopic (exact) mass is 505 g/mol. The molecule has 190 valence electrons. The Labute approximate surface area is 204 Å². The molecule has 0 spiro atoms. The second kappa shape index (κ2) is 10.3. The predicted molar refractivity (Wildman–Crippen MR) is 126 cm³/mol. The summed E-state index contributed by atoms with van der Waals surface area (Å²) in [5.41, 5.74) is 2.18. The molecule has 0 fully saturated rings. The largest absolute Gasteiger partial charge is 0.484 e. The van der Waals surface area contributed by atoms with E-state index in [0.717, 1.165) is 0 Å². The first-order valence-electron chi connectivity index (χ1n) is 10.6. The van der Waals surface area contributed by atoms with E-state index in [1.165, 1.54) is 37.3 Å². The van der Waals surface area contributed by atoms with Gasteiger partial charge >= 0.3 is 12.1 Å². The summed E-state index contributed by atoms with van der Waals surface area (Å²) in [6.45, 7) is 3.02. The summed E-state index contributed by atoms with van der Waals surface area (Å²) in [5.74, 6) is -2.82. The number of nitrogens with one attached hydrogen (secondary N) is 1. The number of aryl methyl sites for hydroxylation is 1. The number of aromatic nitrogens is 2. The van der Waals surface area contributed by atoms with Crippen molar-refractivity contribution in [3.8, 4) is 11.4 Å². The lowest BCUT2D eigenvalue weighted by Gasteiger charge is -2.28. The third kappa shape index (κ3) is 5.64. The van der Waals surface area contributed by atoms with Crippen LogP contribution in [0.15, 0.2) is 66.9 Å². The van der Waals surface area contributed by atoms with Crippen molar-refractivity contribution in [1.82, 2.24) is 15.1 Å². The molecule has 0 saturated heterocycles. The fraction of sp³-hybridized carbons (Fsp3) is 0.231. The van der Waals surface area contributed by atoms with E-state index >= 15 is 0 Å². The van der Waals surface area contributed by atoms with Crippen LogP contribution in [-0.2, 0) is 4.79 Å². The molecular formula is C26H24F5N3O2. The molecule has 36 heavy (non-hydrogen) atoms. The van der Waals surface area contributed by atoms with E-state index in [2.05, 4.69) is 5.10 Å². The van der Waals surface area contributed by atoms with Gasteiger partial charge in [-0.25, -0.2) is 13.5 Å². The molecule has 0 aliphatic rings. The molecule has 0 aliphatic heterocycles. The SMILES string of the molecule is C.Cc1ccc(F)cc1[C@@H](Oc1ccc2c(cnn2-c2ccc(F)cc2)c1)[C@H](C)NC(=O)C(F)(F)F. The number of amides is 1. The highest BCUT2D eigenvalue weighted by atomic mass is 19.4. The van der Waals surface area contributed by atoms with Gasteiger partial charge < -0.3 is 10.1 Å². The van der Waals surface area contributed by atoms with Crippen molar-refractivity contribution in [3.63, 3.8) is 0 Å². The Morgan fingerprint density at radius 1 is 1.00 bits per heavy atom. The summed E-state index contributed by atoms with van der Waals surface area (Å²) >= 11 is 0. The lowest BCUT2D eigenvalue weighted by atomic mass is 9.98. The van der Waals surface area contributed by atoms with Crippen LogP contribution in [-0.4, -0.2) is 27.9 Å². The van der Waals surface area contributed by atoms with E-state index < -0.39 is 30.0 Å². The molecule has 1 aromatic heterocycles. The van der Waals surface area contributed by atoms with E-state index in [1.54, 1.807) is 48.1 Å². The number of ether oxygens (including phenoxy) is 1. The van der Waals surface area contributed by atoms with E-state index in [4.69, 9.17) is 4.74 Å². The topological polar surface area (TPSA) is 56.1 Å². The van der Waals surface area contributed by atoms with Gasteiger partial charge in [-0.1, -0.05) is 13.5 Å². The summed E-state index contributed by atoms with van der Waals surface area (Å²) in [4.78, 5) is 11.5. The standard InChI is InChI=1S/C25H20F5N3O2.CH4/c1-14-3-4-18(27)12-21(14)23(15(2)32-24(34)25(28,29)30)35-20-9-10-22-16(11-20)13-31-33(22)19-7-5-17(26)6-8-19;/h3-13,15,23H,1-2H3,(H,32,34);1H4/t15-,23-;/m0./s1. The van der Waals surface area contributed by atoms with Crippen molar-refractivity contribution >= 4 is 16.8 Å². The van der Waals surface area contributed by atoms with Crippen LogP contribution in [0.3, 0.4) is 0 Å². The van der Waals surface area contributed by atoms with Crippen molar-refractivity contribution in [2.24, 2.45) is 0 Å². The number of hydrogen-bond acceptors (Lipinski definition) is 3. The normalized spacial score (nSPS) is 13.1. The van der Waals surface area contributed by atoms with Crippen LogP contribution >= 0.6 is 0 Å². The summed E-state index contributed by atoms with van der Waals surface area (Å²) < 4.78 is 73.4. The molecule has 4 rings (SSSR count). The molecule has 0 radical (unpaired) electrons. The maximum absolute atomic E-state index is 14.0. The number of benzene rings is 3. The van der Waals surface area contributed by atoms with Gasteiger partial charge in [0.15, 0.2) is 0 Å². The van der Waals surface area contributed by atoms with E-state index in [9.17, 15) is 26.7 Å². The zero-order valence-electron chi connectivity index (χ0n) is 18.6. The van der Waals surface area contributed by atoms with Gasteiger partial charge in [-0.2, -0.15) is 18.3 Å². The van der Waals surface area contributed by atoms with Crippen molar-refractivity contribution in [3.05, 3.63) is 89.6 Å². The molecule has 10 heteroatoms. The summed E-state index contributed by atoms with van der Waals surface area (Å²) in [7, 11) is 0. The number of nitrogens with zero attached hydrogens (tertiary/aromatic N) is 2. The highest BCUT2D eigenvalue weighted by molar-refractivity contribution is 5.82. The summed E-state index contributed by atoms with van der Waals surface area (Å²) in [6, 6.07) is 13.4. The first-order valence-corrected chi connectivity index (χ1v) is 10.6. The van der Waals surface area contributed by atoms with Crippen molar-refractivity contribution in [1.29, 1.82) is 0 Å². The maximum atomic E-state index is 14.0. The zero-order valence-corrected chi connectivity index (χ0v) is 18.6. The summed E-state index contributed by atoms with van der Waals surface area (Å²) in [5, 5.41) is 6.85. The van der Waals surface area contributed by atoms with Gasteiger partial charge in [0.05, 0.1) is 23.4 Å². The van der Waals surface area contributed by atoms with Crippen LogP contribution in [0, 0.1) is 18.6 Å². The second-order valence-corrected chi connectivity index (χ2v) is 8.05. The minimum Gasteiger partial charge on any atom is -0.484 e. The smallest absolute Gasteiger partial charge is 0.471 e. The highest BCUT2D eigenvalue weighted by Crippen LogP contribution is 2.31. The van der Waals surface area contributed by atoms with E-state index in [-0.39, 0.29) is 19.0 Å². The molecule has 5 nitrogen and oxygen atoms in total. The molecule has 0 aliphatic carbocycles. The third-order valence-electron chi connectivity index (χ3n) is 5.49. The van der Waals surface area contributed by atoms with Crippen LogP contribution in [0.5, 0.6) is 5.75 Å². The Hall–Kier alpha value is -3.95. The van der Waals surface area contributed by atoms with E-state index in [0.29, 0.717) is 27.7 Å². The van der Waals surface area contributed by atoms with Gasteiger partial charge in [0.2, 0.25) is 0 Å². The molecule has 0 unspecified atom stereocenters. The Bertz CT molecular complexity index is 1370. The van der Waals surface area contributed by atoms with Crippen molar-refractivity contribution in [2.75, 3.05) is 0 Å². The number of hydrogen-bond donors (Lipinski definition) is 1. The van der Waals surface area contributed by atoms with Gasteiger partial charge in [-0.15, -0.1) is 0 Å². The summed E-state index contributed by atoms with van der Waals surface area (Å²) in [6.07, 6.45) is -4.64. The Morgan fingerprint density at radius 3 is 2.33 bits per heavy atom. The maximum Gasteiger partial charge on any atom is 0.471 e. The molecule has 1 amide bonds. The molecule has 3 aromatic carbocycles. The molecule has 4 aromatic rings. The zero-order chi connectivity index (χ0) is 25.3. The van der Waals surface area contributed by atoms with Gasteiger partial charge in [0, 0.05) is 10.9 Å². The minimum atomic E-state index is -5.08. The fourth-order valence-corrected chi connectivity index (χ4v) is 3.74. The number of rotatable bonds is 6. The Kier molecular flexibility index (Phi) is 7.66. The lowest BCUT2D eigenvalue weighted by Crippen LogP contribution is -2.45. The second-order valence-electron chi connectivity index (χ2n) is 8.05. The molecule has 2 atom stereocenters. The lowest BCUT2D eigenvalue weighted by molar-refractivity contribution is -0.174. The minimum absolute atomic E-state index is 0. The molecular weight excluding hydrogens is 481 g/mol. The Balaban J connectivity index is 0.00000361. The van der Waals surface area contributed by atoms with Crippen molar-refractivity contribution in [2.45, 2.75) is 39.6 Å². The van der Waals surface area contributed by atoms with Crippen LogP contribution < -0.4 is 10.1 Å². The van der Waals surface area contributed by atoms with Gasteiger partial charge in [-0.05, 0) is 74.0 Å². The number of halogens is 5. The number of fused-ring (bicyclic) bond motifs is 1. The quantitative estimate of drug-likeness (QED) is 0.307. The van der Waals surface area contributed by atoms with Gasteiger partial charge in [0.25, 0.3) is 0 Å². The van der Waals surface area contributed by atoms with Gasteiger partial charge in [0.1, 0.15) is 23.5 Å². The van der Waals surface area contributed by atoms with Crippen LogP contribution in [0.2, 0.25) is 0 Å².